The van der Waals surface area contributed by atoms with Crippen molar-refractivity contribution in [3.05, 3.63) is 66.0 Å². The van der Waals surface area contributed by atoms with Gasteiger partial charge in [0.1, 0.15) is 5.82 Å². The molecule has 0 aliphatic carbocycles. The fourth-order valence-electron chi connectivity index (χ4n) is 3.25. The van der Waals surface area contributed by atoms with Crippen LogP contribution in [-0.2, 0) is 11.8 Å². The summed E-state index contributed by atoms with van der Waals surface area (Å²) in [4.78, 5) is 22.2. The van der Waals surface area contributed by atoms with Gasteiger partial charge in [0.2, 0.25) is 5.91 Å². The third kappa shape index (κ3) is 4.54. The summed E-state index contributed by atoms with van der Waals surface area (Å²) in [6.07, 6.45) is 0. The SMILES string of the molecule is Cc1nn(C)c(C)c1NC(=O)[C@H](C)Sc1nc(Nc2ccccc2)c2ccccc2n1. The second kappa shape index (κ2) is 8.77. The summed E-state index contributed by atoms with van der Waals surface area (Å²) in [6, 6.07) is 17.7. The molecule has 0 aliphatic rings. The molecule has 0 spiro atoms. The lowest BCUT2D eigenvalue weighted by Crippen LogP contribution is -2.23. The second-order valence-corrected chi connectivity index (χ2v) is 8.59. The van der Waals surface area contributed by atoms with E-state index in [1.54, 1.807) is 4.68 Å². The molecule has 2 N–H and O–H groups in total. The molecule has 0 fully saturated rings. The second-order valence-electron chi connectivity index (χ2n) is 7.28. The van der Waals surface area contributed by atoms with Crippen molar-refractivity contribution < 1.29 is 4.79 Å². The highest BCUT2D eigenvalue weighted by atomic mass is 32.2. The molecule has 7 nitrogen and oxygen atoms in total. The lowest BCUT2D eigenvalue weighted by Gasteiger charge is -2.14. The van der Waals surface area contributed by atoms with E-state index in [-0.39, 0.29) is 11.2 Å². The number of para-hydroxylation sites is 2. The van der Waals surface area contributed by atoms with E-state index in [0.29, 0.717) is 11.0 Å². The van der Waals surface area contributed by atoms with Gasteiger partial charge in [-0.1, -0.05) is 42.1 Å². The molecule has 0 unspecified atom stereocenters. The van der Waals surface area contributed by atoms with Gasteiger partial charge in [0.15, 0.2) is 5.16 Å². The number of fused-ring (bicyclic) bond motifs is 1. The van der Waals surface area contributed by atoms with Gasteiger partial charge in [-0.2, -0.15) is 5.10 Å². The average molecular weight is 433 g/mol. The van der Waals surface area contributed by atoms with E-state index in [1.807, 2.05) is 82.4 Å². The number of anilines is 3. The van der Waals surface area contributed by atoms with Crippen molar-refractivity contribution in [2.75, 3.05) is 10.6 Å². The normalized spacial score (nSPS) is 12.0. The summed E-state index contributed by atoms with van der Waals surface area (Å²) < 4.78 is 1.76. The van der Waals surface area contributed by atoms with Crippen LogP contribution in [0, 0.1) is 13.8 Å². The number of nitrogens with zero attached hydrogens (tertiary/aromatic N) is 4. The summed E-state index contributed by atoms with van der Waals surface area (Å²) in [5, 5.41) is 11.8. The van der Waals surface area contributed by atoms with E-state index in [1.165, 1.54) is 11.8 Å². The molecule has 0 radical (unpaired) electrons. The van der Waals surface area contributed by atoms with Crippen molar-refractivity contribution in [1.82, 2.24) is 19.7 Å². The van der Waals surface area contributed by atoms with Crippen molar-refractivity contribution in [2.45, 2.75) is 31.2 Å². The molecule has 1 amide bonds. The number of rotatable bonds is 6. The number of hydrogen-bond donors (Lipinski definition) is 2. The maximum absolute atomic E-state index is 12.8. The summed E-state index contributed by atoms with van der Waals surface area (Å²) in [5.74, 6) is 0.601. The fraction of sp³-hybridized carbons (Fsp3) is 0.217. The molecule has 2 aromatic carbocycles. The van der Waals surface area contributed by atoms with Gasteiger partial charge >= 0.3 is 0 Å². The minimum atomic E-state index is -0.384. The Hall–Kier alpha value is -3.39. The van der Waals surface area contributed by atoms with Crippen LogP contribution >= 0.6 is 11.8 Å². The largest absolute Gasteiger partial charge is 0.340 e. The van der Waals surface area contributed by atoms with Gasteiger partial charge in [0, 0.05) is 18.1 Å². The van der Waals surface area contributed by atoms with Crippen molar-refractivity contribution in [3.8, 4) is 0 Å². The Labute approximate surface area is 185 Å². The minimum absolute atomic E-state index is 0.112. The van der Waals surface area contributed by atoms with Crippen LogP contribution in [0.3, 0.4) is 0 Å². The Morgan fingerprint density at radius 2 is 1.74 bits per heavy atom. The Morgan fingerprint density at radius 1 is 1.03 bits per heavy atom. The van der Waals surface area contributed by atoms with Crippen LogP contribution in [0.1, 0.15) is 18.3 Å². The summed E-state index contributed by atoms with van der Waals surface area (Å²) in [5.41, 5.74) is 4.23. The fourth-order valence-corrected chi connectivity index (χ4v) is 4.03. The minimum Gasteiger partial charge on any atom is -0.340 e. The van der Waals surface area contributed by atoms with Crippen molar-refractivity contribution in [3.63, 3.8) is 0 Å². The third-order valence-electron chi connectivity index (χ3n) is 5.03. The topological polar surface area (TPSA) is 84.7 Å². The lowest BCUT2D eigenvalue weighted by atomic mass is 10.2. The van der Waals surface area contributed by atoms with Crippen molar-refractivity contribution >= 4 is 45.8 Å². The van der Waals surface area contributed by atoms with Crippen LogP contribution in [0.2, 0.25) is 0 Å². The smallest absolute Gasteiger partial charge is 0.237 e. The zero-order valence-electron chi connectivity index (χ0n) is 17.9. The number of carbonyl (C=O) groups excluding carboxylic acids is 1. The first-order valence-corrected chi connectivity index (χ1v) is 10.9. The Bertz CT molecular complexity index is 1240. The Kier molecular flexibility index (Phi) is 5.90. The van der Waals surface area contributed by atoms with E-state index in [4.69, 9.17) is 4.98 Å². The summed E-state index contributed by atoms with van der Waals surface area (Å²) >= 11 is 1.33. The molecular weight excluding hydrogens is 408 g/mol. The van der Waals surface area contributed by atoms with Crippen LogP contribution in [0.5, 0.6) is 0 Å². The summed E-state index contributed by atoms with van der Waals surface area (Å²) in [6.45, 7) is 5.67. The van der Waals surface area contributed by atoms with E-state index in [9.17, 15) is 4.79 Å². The van der Waals surface area contributed by atoms with Gasteiger partial charge in [-0.25, -0.2) is 9.97 Å². The standard InChI is InChI=1S/C23H24N6OS/c1-14-20(15(2)29(4)28-14)26-22(30)16(3)31-23-25-19-13-9-8-12-18(19)21(27-23)24-17-10-6-5-7-11-17/h5-13,16H,1-4H3,(H,26,30)(H,24,25,27)/t16-/m0/s1. The van der Waals surface area contributed by atoms with Gasteiger partial charge in [0.25, 0.3) is 0 Å². The van der Waals surface area contributed by atoms with Gasteiger partial charge in [-0.3, -0.25) is 9.48 Å². The number of thioether (sulfide) groups is 1. The highest BCUT2D eigenvalue weighted by Crippen LogP contribution is 2.29. The van der Waals surface area contributed by atoms with Gasteiger partial charge in [-0.05, 0) is 45.0 Å². The van der Waals surface area contributed by atoms with Gasteiger partial charge in [-0.15, -0.1) is 0 Å². The lowest BCUT2D eigenvalue weighted by molar-refractivity contribution is -0.115. The van der Waals surface area contributed by atoms with Crippen LogP contribution in [0.4, 0.5) is 17.2 Å². The predicted molar refractivity (Wildman–Crippen MR) is 126 cm³/mol. The van der Waals surface area contributed by atoms with Crippen molar-refractivity contribution in [2.24, 2.45) is 7.05 Å². The van der Waals surface area contributed by atoms with Crippen molar-refractivity contribution in [1.29, 1.82) is 0 Å². The first kappa shape index (κ1) is 20.9. The average Bonchev–Trinajstić information content (AvgIpc) is 3.00. The quantitative estimate of drug-likeness (QED) is 0.335. The highest BCUT2D eigenvalue weighted by molar-refractivity contribution is 8.00. The molecule has 2 heterocycles. The predicted octanol–water partition coefficient (Wildman–Crippen LogP) is 4.84. The van der Waals surface area contributed by atoms with Crippen LogP contribution in [0.25, 0.3) is 10.9 Å². The van der Waals surface area contributed by atoms with E-state index < -0.39 is 0 Å². The van der Waals surface area contributed by atoms with Gasteiger partial charge in [0.05, 0.1) is 27.8 Å². The maximum atomic E-state index is 12.8. The molecule has 158 valence electrons. The molecule has 0 saturated heterocycles. The zero-order chi connectivity index (χ0) is 22.0. The molecule has 0 bridgehead atoms. The number of amides is 1. The van der Waals surface area contributed by atoms with Crippen LogP contribution in [-0.4, -0.2) is 30.9 Å². The molecule has 4 aromatic rings. The number of aryl methyl sites for hydroxylation is 2. The Morgan fingerprint density at radius 3 is 2.45 bits per heavy atom. The van der Waals surface area contributed by atoms with Crippen LogP contribution in [0.15, 0.2) is 59.8 Å². The monoisotopic (exact) mass is 432 g/mol. The van der Waals surface area contributed by atoms with Crippen LogP contribution < -0.4 is 10.6 Å². The van der Waals surface area contributed by atoms with E-state index in [0.717, 1.165) is 33.7 Å². The molecular formula is C23H24N6OS. The molecule has 31 heavy (non-hydrogen) atoms. The molecule has 4 rings (SSSR count). The zero-order valence-corrected chi connectivity index (χ0v) is 18.7. The third-order valence-corrected chi connectivity index (χ3v) is 5.99. The molecule has 0 aliphatic heterocycles. The number of hydrogen-bond acceptors (Lipinski definition) is 6. The highest BCUT2D eigenvalue weighted by Gasteiger charge is 2.20. The summed E-state index contributed by atoms with van der Waals surface area (Å²) in [7, 11) is 1.86. The molecule has 2 aromatic heterocycles. The molecule has 8 heteroatoms. The van der Waals surface area contributed by atoms with Gasteiger partial charge < -0.3 is 10.6 Å². The van der Waals surface area contributed by atoms with E-state index >= 15 is 0 Å². The first-order chi connectivity index (χ1) is 14.9. The first-order valence-electron chi connectivity index (χ1n) is 9.99. The number of carbonyl (C=O) groups is 1. The number of benzene rings is 2. The van der Waals surface area contributed by atoms with E-state index in [2.05, 4.69) is 20.7 Å². The molecule has 1 atom stereocenters. The molecule has 0 saturated carbocycles. The maximum Gasteiger partial charge on any atom is 0.237 e. The number of nitrogens with one attached hydrogen (secondary N) is 2. The number of aromatic nitrogens is 4. The Balaban J connectivity index is 1.58.